The van der Waals surface area contributed by atoms with E-state index < -0.39 is 0 Å². The highest BCUT2D eigenvalue weighted by molar-refractivity contribution is 8.14. The van der Waals surface area contributed by atoms with Crippen LogP contribution in [0.15, 0.2) is 29.3 Å². The molecule has 0 aliphatic carbocycles. The van der Waals surface area contributed by atoms with Gasteiger partial charge in [-0.15, -0.1) is 0 Å². The van der Waals surface area contributed by atoms with Crippen LogP contribution >= 0.6 is 11.8 Å². The first-order chi connectivity index (χ1) is 7.86. The molecule has 2 aliphatic rings. The minimum Gasteiger partial charge on any atom is -0.388 e. The molecule has 0 amide bonds. The number of benzene rings is 1. The lowest BCUT2D eigenvalue weighted by Crippen LogP contribution is -2.21. The van der Waals surface area contributed by atoms with Gasteiger partial charge in [0.15, 0.2) is 5.17 Å². The molecule has 2 aliphatic heterocycles. The Bertz CT molecular complexity index is 430. The minimum atomic E-state index is 0.330. The number of hydrogen-bond donors (Lipinski definition) is 1. The molecule has 0 saturated carbocycles. The van der Waals surface area contributed by atoms with Gasteiger partial charge in [-0.1, -0.05) is 23.9 Å². The zero-order valence-corrected chi connectivity index (χ0v) is 10.1. The zero-order chi connectivity index (χ0) is 11.0. The maximum absolute atomic E-state index is 4.77. The van der Waals surface area contributed by atoms with Gasteiger partial charge in [-0.3, -0.25) is 4.99 Å². The number of nitrogens with one attached hydrogen (secondary N) is 1. The molecule has 1 fully saturated rings. The van der Waals surface area contributed by atoms with E-state index in [9.17, 15) is 0 Å². The van der Waals surface area contributed by atoms with Gasteiger partial charge in [0.1, 0.15) is 0 Å². The fourth-order valence-corrected chi connectivity index (χ4v) is 3.23. The molecule has 3 rings (SSSR count). The van der Waals surface area contributed by atoms with Crippen LogP contribution in [0, 0.1) is 0 Å². The Hall–Kier alpha value is -1.16. The van der Waals surface area contributed by atoms with Gasteiger partial charge >= 0.3 is 0 Å². The zero-order valence-electron chi connectivity index (χ0n) is 9.31. The van der Waals surface area contributed by atoms with Crippen molar-refractivity contribution in [2.75, 3.05) is 31.2 Å². The average Bonchev–Trinajstić information content (AvgIpc) is 2.89. The Morgan fingerprint density at radius 1 is 1.50 bits per heavy atom. The van der Waals surface area contributed by atoms with Crippen LogP contribution in [0.2, 0.25) is 0 Å². The average molecular weight is 233 g/mol. The van der Waals surface area contributed by atoms with E-state index in [1.807, 2.05) is 18.8 Å². The van der Waals surface area contributed by atoms with Crippen molar-refractivity contribution >= 4 is 22.6 Å². The molecule has 0 bridgehead atoms. The number of nitrogens with zero attached hydrogens (tertiary/aromatic N) is 2. The number of anilines is 1. The molecular weight excluding hydrogens is 218 g/mol. The SMILES string of the molecule is CNc1cccc(C2CN3CCSC3=N2)c1. The van der Waals surface area contributed by atoms with E-state index in [4.69, 9.17) is 4.99 Å². The third-order valence-corrected chi connectivity index (χ3v) is 4.09. The molecule has 0 aromatic heterocycles. The number of rotatable bonds is 2. The Labute approximate surface area is 99.9 Å². The number of amidine groups is 1. The highest BCUT2D eigenvalue weighted by atomic mass is 32.2. The quantitative estimate of drug-likeness (QED) is 0.848. The molecule has 84 valence electrons. The van der Waals surface area contributed by atoms with E-state index in [0.717, 1.165) is 18.8 Å². The van der Waals surface area contributed by atoms with Crippen LogP contribution in [0.4, 0.5) is 5.69 Å². The van der Waals surface area contributed by atoms with Crippen LogP contribution in [-0.2, 0) is 0 Å². The van der Waals surface area contributed by atoms with Crippen molar-refractivity contribution in [3.8, 4) is 0 Å². The summed E-state index contributed by atoms with van der Waals surface area (Å²) in [5.74, 6) is 1.20. The molecule has 1 aromatic carbocycles. The molecule has 1 aromatic rings. The summed E-state index contributed by atoms with van der Waals surface area (Å²) in [7, 11) is 1.95. The number of hydrogen-bond acceptors (Lipinski definition) is 4. The summed E-state index contributed by atoms with van der Waals surface area (Å²) in [6, 6.07) is 8.87. The molecule has 0 spiro atoms. The van der Waals surface area contributed by atoms with E-state index in [2.05, 4.69) is 34.5 Å². The molecule has 2 heterocycles. The Morgan fingerprint density at radius 3 is 3.25 bits per heavy atom. The molecular formula is C12H15N3S. The molecule has 16 heavy (non-hydrogen) atoms. The summed E-state index contributed by atoms with van der Waals surface area (Å²) in [6.07, 6.45) is 0. The fourth-order valence-electron chi connectivity index (χ4n) is 2.19. The van der Waals surface area contributed by atoms with Gasteiger partial charge in [-0.05, 0) is 17.7 Å². The lowest BCUT2D eigenvalue weighted by atomic mass is 10.1. The largest absolute Gasteiger partial charge is 0.388 e. The summed E-state index contributed by atoms with van der Waals surface area (Å²) >= 11 is 1.88. The third-order valence-electron chi connectivity index (χ3n) is 3.08. The topological polar surface area (TPSA) is 27.6 Å². The monoisotopic (exact) mass is 233 g/mol. The van der Waals surface area contributed by atoms with E-state index in [0.29, 0.717) is 6.04 Å². The Morgan fingerprint density at radius 2 is 2.44 bits per heavy atom. The van der Waals surface area contributed by atoms with Crippen LogP contribution in [0.5, 0.6) is 0 Å². The molecule has 1 N–H and O–H groups in total. The van der Waals surface area contributed by atoms with Crippen molar-refractivity contribution in [3.63, 3.8) is 0 Å². The van der Waals surface area contributed by atoms with Crippen molar-refractivity contribution in [2.45, 2.75) is 6.04 Å². The van der Waals surface area contributed by atoms with Gasteiger partial charge in [0.25, 0.3) is 0 Å². The summed E-state index contributed by atoms with van der Waals surface area (Å²) in [6.45, 7) is 2.21. The second-order valence-corrected chi connectivity index (χ2v) is 5.16. The number of thioether (sulfide) groups is 1. The highest BCUT2D eigenvalue weighted by Crippen LogP contribution is 2.32. The number of fused-ring (bicyclic) bond motifs is 1. The molecule has 3 nitrogen and oxygen atoms in total. The van der Waals surface area contributed by atoms with Crippen LogP contribution in [-0.4, -0.2) is 36.0 Å². The van der Waals surface area contributed by atoms with E-state index in [1.165, 1.54) is 16.5 Å². The van der Waals surface area contributed by atoms with Crippen LogP contribution in [0.3, 0.4) is 0 Å². The van der Waals surface area contributed by atoms with Crippen molar-refractivity contribution in [1.29, 1.82) is 0 Å². The smallest absolute Gasteiger partial charge is 0.160 e. The molecule has 1 saturated heterocycles. The van der Waals surface area contributed by atoms with Crippen molar-refractivity contribution in [2.24, 2.45) is 4.99 Å². The van der Waals surface area contributed by atoms with E-state index in [1.54, 1.807) is 0 Å². The minimum absolute atomic E-state index is 0.330. The van der Waals surface area contributed by atoms with Crippen molar-refractivity contribution in [3.05, 3.63) is 29.8 Å². The van der Waals surface area contributed by atoms with E-state index >= 15 is 0 Å². The van der Waals surface area contributed by atoms with Crippen LogP contribution in [0.1, 0.15) is 11.6 Å². The third kappa shape index (κ3) is 1.67. The molecule has 0 radical (unpaired) electrons. The second kappa shape index (κ2) is 4.01. The van der Waals surface area contributed by atoms with Crippen LogP contribution < -0.4 is 5.32 Å². The van der Waals surface area contributed by atoms with Gasteiger partial charge in [-0.2, -0.15) is 0 Å². The predicted molar refractivity (Wildman–Crippen MR) is 70.2 cm³/mol. The lowest BCUT2D eigenvalue weighted by Gasteiger charge is -2.13. The Balaban J connectivity index is 1.85. The van der Waals surface area contributed by atoms with Crippen molar-refractivity contribution < 1.29 is 0 Å². The van der Waals surface area contributed by atoms with Gasteiger partial charge in [0.2, 0.25) is 0 Å². The molecule has 1 unspecified atom stereocenters. The molecule has 1 atom stereocenters. The first-order valence-corrected chi connectivity index (χ1v) is 6.58. The van der Waals surface area contributed by atoms with Crippen molar-refractivity contribution in [1.82, 2.24) is 4.90 Å². The summed E-state index contributed by atoms with van der Waals surface area (Å²) in [4.78, 5) is 7.16. The van der Waals surface area contributed by atoms with Gasteiger partial charge in [0, 0.05) is 31.6 Å². The number of aliphatic imine (C=N–C) groups is 1. The first kappa shape index (κ1) is 10.0. The predicted octanol–water partition coefficient (Wildman–Crippen LogP) is 2.19. The second-order valence-electron chi connectivity index (χ2n) is 4.10. The standard InChI is InChI=1S/C12H15N3S/c1-13-10-4-2-3-9(7-10)11-8-15-5-6-16-12(15)14-11/h2-4,7,11,13H,5-6,8H2,1H3. The Kier molecular flexibility index (Phi) is 2.52. The fraction of sp³-hybridized carbons (Fsp3) is 0.417. The normalized spacial score (nSPS) is 23.2. The summed E-state index contributed by atoms with van der Waals surface area (Å²) in [5.41, 5.74) is 2.48. The van der Waals surface area contributed by atoms with Gasteiger partial charge in [0.05, 0.1) is 6.04 Å². The summed E-state index contributed by atoms with van der Waals surface area (Å²) < 4.78 is 0. The van der Waals surface area contributed by atoms with Gasteiger partial charge in [-0.25, -0.2) is 0 Å². The summed E-state index contributed by atoms with van der Waals surface area (Å²) in [5, 5.41) is 4.41. The van der Waals surface area contributed by atoms with Gasteiger partial charge < -0.3 is 10.2 Å². The first-order valence-electron chi connectivity index (χ1n) is 5.60. The van der Waals surface area contributed by atoms with E-state index in [-0.39, 0.29) is 0 Å². The maximum atomic E-state index is 4.77. The van der Waals surface area contributed by atoms with Crippen LogP contribution in [0.25, 0.3) is 0 Å². The highest BCUT2D eigenvalue weighted by Gasteiger charge is 2.30. The maximum Gasteiger partial charge on any atom is 0.160 e. The lowest BCUT2D eigenvalue weighted by molar-refractivity contribution is 0.464. The molecule has 4 heteroatoms.